The first kappa shape index (κ1) is 22.1. The van der Waals surface area contributed by atoms with E-state index in [1.165, 1.54) is 12.1 Å². The van der Waals surface area contributed by atoms with Gasteiger partial charge in [0.25, 0.3) is 0 Å². The van der Waals surface area contributed by atoms with Gasteiger partial charge in [0.1, 0.15) is 0 Å². The molecule has 0 bridgehead atoms. The van der Waals surface area contributed by atoms with Crippen molar-refractivity contribution in [3.8, 4) is 5.69 Å². The van der Waals surface area contributed by atoms with Crippen LogP contribution in [-0.4, -0.2) is 15.5 Å². The van der Waals surface area contributed by atoms with Crippen LogP contribution < -0.4 is 5.32 Å². The van der Waals surface area contributed by atoms with Crippen molar-refractivity contribution >= 4 is 23.3 Å². The number of carbonyl (C=O) groups excluding carboxylic acids is 1. The zero-order valence-electron chi connectivity index (χ0n) is 17.8. The fourth-order valence-corrected chi connectivity index (χ4v) is 4.53. The topological polar surface area (TPSA) is 37.3 Å². The van der Waals surface area contributed by atoms with Crippen LogP contribution in [0.5, 0.6) is 0 Å². The summed E-state index contributed by atoms with van der Waals surface area (Å²) in [5, 5.41) is 3.19. The van der Waals surface area contributed by atoms with E-state index in [0.717, 1.165) is 34.6 Å². The number of fused-ring (bicyclic) bond motifs is 3. The van der Waals surface area contributed by atoms with Crippen LogP contribution in [0, 0.1) is 0 Å². The molecule has 0 radical (unpaired) electrons. The molecule has 0 fully saturated rings. The van der Waals surface area contributed by atoms with E-state index in [2.05, 4.69) is 5.32 Å². The molecule has 1 atom stereocenters. The van der Waals surface area contributed by atoms with Gasteiger partial charge in [0.2, 0.25) is 0 Å². The fraction of sp³-hybridized carbons (Fsp3) is 0.115. The highest BCUT2D eigenvalue weighted by atomic mass is 35.5. The molecule has 3 aromatic carbocycles. The predicted octanol–water partition coefficient (Wildman–Crippen LogP) is 7.29. The van der Waals surface area contributed by atoms with Crippen molar-refractivity contribution in [2.75, 3.05) is 5.32 Å². The Balaban J connectivity index is 1.60. The number of nitrogens with zero attached hydrogens (tertiary/aromatic N) is 2. The molecule has 1 aliphatic heterocycles. The van der Waals surface area contributed by atoms with Gasteiger partial charge in [-0.25, -0.2) is 4.79 Å². The lowest BCUT2D eigenvalue weighted by Crippen LogP contribution is -2.38. The zero-order valence-corrected chi connectivity index (χ0v) is 18.5. The summed E-state index contributed by atoms with van der Waals surface area (Å²) < 4.78 is 41.6. The Morgan fingerprint density at radius 1 is 0.941 bits per heavy atom. The molecule has 4 nitrogen and oxygen atoms in total. The van der Waals surface area contributed by atoms with Crippen LogP contribution in [-0.2, 0) is 12.7 Å². The number of benzene rings is 3. The molecule has 4 aromatic rings. The molecule has 0 saturated carbocycles. The van der Waals surface area contributed by atoms with Gasteiger partial charge in [-0.1, -0.05) is 48.0 Å². The molecule has 2 amide bonds. The summed E-state index contributed by atoms with van der Waals surface area (Å²) in [4.78, 5) is 15.2. The maximum Gasteiger partial charge on any atom is 0.416 e. The van der Waals surface area contributed by atoms with E-state index < -0.39 is 23.8 Å². The molecule has 1 aliphatic rings. The van der Waals surface area contributed by atoms with Gasteiger partial charge in [0.05, 0.1) is 23.8 Å². The first-order chi connectivity index (χ1) is 16.3. The molecule has 1 N–H and O–H groups in total. The molecule has 8 heteroatoms. The molecule has 5 rings (SSSR count). The third-order valence-electron chi connectivity index (χ3n) is 5.83. The number of hydrogen-bond donors (Lipinski definition) is 1. The molecule has 34 heavy (non-hydrogen) atoms. The first-order valence-corrected chi connectivity index (χ1v) is 10.9. The maximum atomic E-state index is 13.6. The summed E-state index contributed by atoms with van der Waals surface area (Å²) in [5.74, 6) is 0. The second-order valence-electron chi connectivity index (χ2n) is 8.03. The van der Waals surface area contributed by atoms with E-state index in [1.54, 1.807) is 17.0 Å². The lowest BCUT2D eigenvalue weighted by molar-refractivity contribution is -0.137. The van der Waals surface area contributed by atoms with E-state index in [9.17, 15) is 18.0 Å². The average molecular weight is 482 g/mol. The monoisotopic (exact) mass is 481 g/mol. The number of halogens is 4. The van der Waals surface area contributed by atoms with Crippen molar-refractivity contribution in [1.29, 1.82) is 0 Å². The van der Waals surface area contributed by atoms with Crippen LogP contribution in [0.3, 0.4) is 0 Å². The van der Waals surface area contributed by atoms with Gasteiger partial charge >= 0.3 is 12.2 Å². The van der Waals surface area contributed by atoms with Crippen molar-refractivity contribution in [1.82, 2.24) is 9.47 Å². The molecule has 1 unspecified atom stereocenters. The summed E-state index contributed by atoms with van der Waals surface area (Å²) in [6.07, 6.45) is -2.58. The summed E-state index contributed by atoms with van der Waals surface area (Å²) in [7, 11) is 0. The molecule has 2 heterocycles. The van der Waals surface area contributed by atoms with Gasteiger partial charge in [-0.3, -0.25) is 0 Å². The van der Waals surface area contributed by atoms with Gasteiger partial charge in [0, 0.05) is 22.6 Å². The lowest BCUT2D eigenvalue weighted by atomic mass is 10.0. The van der Waals surface area contributed by atoms with E-state index in [-0.39, 0.29) is 12.2 Å². The number of hydrogen-bond acceptors (Lipinski definition) is 1. The molecule has 1 aromatic heterocycles. The number of nitrogens with one attached hydrogen (secondary N) is 1. The Hall–Kier alpha value is -3.71. The number of aromatic nitrogens is 1. The summed E-state index contributed by atoms with van der Waals surface area (Å²) in [6.45, 7) is 0.250. The molecular weight excluding hydrogens is 463 g/mol. The number of carbonyl (C=O) groups is 1. The number of amides is 2. The lowest BCUT2D eigenvalue weighted by Gasteiger charge is -2.31. The molecule has 0 saturated heterocycles. The number of alkyl halides is 3. The summed E-state index contributed by atoms with van der Waals surface area (Å²) >= 11 is 6.28. The van der Waals surface area contributed by atoms with Gasteiger partial charge < -0.3 is 14.8 Å². The van der Waals surface area contributed by atoms with E-state index >= 15 is 0 Å². The number of para-hydroxylation sites is 1. The Morgan fingerprint density at radius 2 is 1.74 bits per heavy atom. The summed E-state index contributed by atoms with van der Waals surface area (Å²) in [5.41, 5.74) is 2.71. The van der Waals surface area contributed by atoms with Gasteiger partial charge in [-0.15, -0.1) is 0 Å². The third-order valence-corrected chi connectivity index (χ3v) is 6.07. The SMILES string of the molecule is O=C(Nc1cccc(C(F)(F)F)c1)N1Cc2ccccc2-n2cccc2C1c1cccc(Cl)c1. The Kier molecular flexibility index (Phi) is 5.57. The second-order valence-corrected chi connectivity index (χ2v) is 8.46. The predicted molar refractivity (Wildman–Crippen MR) is 125 cm³/mol. The standard InChI is InChI=1S/C26H19ClF3N3O/c27-20-9-3-7-17(14-20)24-23-12-5-13-32(23)22-11-2-1-6-18(22)16-33(24)25(34)31-21-10-4-8-19(15-21)26(28,29)30/h1-15,24H,16H2,(H,31,34). The molecular formula is C26H19ClF3N3O. The minimum Gasteiger partial charge on any atom is -0.318 e. The van der Waals surface area contributed by atoms with Crippen molar-refractivity contribution in [2.45, 2.75) is 18.8 Å². The smallest absolute Gasteiger partial charge is 0.318 e. The third kappa shape index (κ3) is 4.15. The van der Waals surface area contributed by atoms with Gasteiger partial charge in [0.15, 0.2) is 0 Å². The van der Waals surface area contributed by atoms with Gasteiger partial charge in [-0.2, -0.15) is 13.2 Å². The zero-order chi connectivity index (χ0) is 23.9. The van der Waals surface area contributed by atoms with Crippen LogP contribution in [0.25, 0.3) is 5.69 Å². The van der Waals surface area contributed by atoms with Crippen LogP contribution in [0.15, 0.2) is 91.1 Å². The quantitative estimate of drug-likeness (QED) is 0.321. The Bertz CT molecular complexity index is 1370. The van der Waals surface area contributed by atoms with Crippen LogP contribution >= 0.6 is 11.6 Å². The van der Waals surface area contributed by atoms with Crippen molar-refractivity contribution in [2.24, 2.45) is 0 Å². The van der Waals surface area contributed by atoms with Crippen LogP contribution in [0.1, 0.15) is 28.4 Å². The number of rotatable bonds is 2. The normalized spacial score (nSPS) is 15.3. The van der Waals surface area contributed by atoms with Crippen molar-refractivity contribution in [3.63, 3.8) is 0 Å². The van der Waals surface area contributed by atoms with Gasteiger partial charge in [-0.05, 0) is 59.7 Å². The Labute approximate surface area is 199 Å². The average Bonchev–Trinajstić information content (AvgIpc) is 3.23. The number of anilines is 1. The molecule has 0 aliphatic carbocycles. The minimum absolute atomic E-state index is 0.0672. The van der Waals surface area contributed by atoms with E-state index in [4.69, 9.17) is 11.6 Å². The van der Waals surface area contributed by atoms with Crippen molar-refractivity contribution < 1.29 is 18.0 Å². The highest BCUT2D eigenvalue weighted by molar-refractivity contribution is 6.30. The maximum absolute atomic E-state index is 13.6. The highest BCUT2D eigenvalue weighted by Gasteiger charge is 2.34. The highest BCUT2D eigenvalue weighted by Crippen LogP contribution is 2.38. The van der Waals surface area contributed by atoms with Crippen LogP contribution in [0.2, 0.25) is 5.02 Å². The largest absolute Gasteiger partial charge is 0.416 e. The Morgan fingerprint density at radius 3 is 2.53 bits per heavy atom. The van der Waals surface area contributed by atoms with Crippen LogP contribution in [0.4, 0.5) is 23.7 Å². The van der Waals surface area contributed by atoms with E-state index in [1.807, 2.05) is 59.3 Å². The fourth-order valence-electron chi connectivity index (χ4n) is 4.34. The number of urea groups is 1. The second kappa shape index (κ2) is 8.57. The summed E-state index contributed by atoms with van der Waals surface area (Å²) in [6, 6.07) is 22.4. The molecule has 0 spiro atoms. The van der Waals surface area contributed by atoms with E-state index in [0.29, 0.717) is 5.02 Å². The minimum atomic E-state index is -4.51. The van der Waals surface area contributed by atoms with Crippen molar-refractivity contribution in [3.05, 3.63) is 119 Å². The molecule has 172 valence electrons. The first-order valence-electron chi connectivity index (χ1n) is 10.6.